The number of halogens is 4. The molecule has 0 saturated carbocycles. The molecule has 0 aromatic heterocycles. The highest BCUT2D eigenvalue weighted by atomic mass is 19.4. The molecule has 82 valence electrons. The van der Waals surface area contributed by atoms with Crippen LogP contribution in [0.4, 0.5) is 17.6 Å². The van der Waals surface area contributed by atoms with Crippen molar-refractivity contribution in [3.8, 4) is 5.75 Å². The van der Waals surface area contributed by atoms with E-state index in [2.05, 4.69) is 4.74 Å². The van der Waals surface area contributed by atoms with Crippen molar-refractivity contribution in [2.75, 3.05) is 0 Å². The fourth-order valence-corrected chi connectivity index (χ4v) is 1.02. The lowest BCUT2D eigenvalue weighted by atomic mass is 10.2. The molecular formula is C10H8F4O. The fraction of sp³-hybridized carbons (Fsp3) is 0.200. The second kappa shape index (κ2) is 4.33. The Morgan fingerprint density at radius 2 is 1.93 bits per heavy atom. The Hall–Kier alpha value is -1.52. The number of hydrogen-bond acceptors (Lipinski definition) is 1. The van der Waals surface area contributed by atoms with E-state index in [9.17, 15) is 17.6 Å². The number of allylic oxidation sites excluding steroid dienone is 1. The molecule has 0 atom stereocenters. The molecule has 0 unspecified atom stereocenters. The number of hydrogen-bond donors (Lipinski definition) is 0. The van der Waals surface area contributed by atoms with Crippen LogP contribution in [-0.2, 0) is 0 Å². The first kappa shape index (κ1) is 11.6. The van der Waals surface area contributed by atoms with Crippen molar-refractivity contribution in [1.82, 2.24) is 0 Å². The molecule has 0 heterocycles. The van der Waals surface area contributed by atoms with Gasteiger partial charge in [0.25, 0.3) is 0 Å². The highest BCUT2D eigenvalue weighted by Crippen LogP contribution is 2.26. The van der Waals surface area contributed by atoms with Crippen molar-refractivity contribution in [2.45, 2.75) is 13.3 Å². The summed E-state index contributed by atoms with van der Waals surface area (Å²) < 4.78 is 51.8. The van der Waals surface area contributed by atoms with Crippen molar-refractivity contribution in [2.24, 2.45) is 0 Å². The van der Waals surface area contributed by atoms with Crippen LogP contribution in [0.15, 0.2) is 24.3 Å². The summed E-state index contributed by atoms with van der Waals surface area (Å²) in [4.78, 5) is 0. The summed E-state index contributed by atoms with van der Waals surface area (Å²) in [6.07, 6.45) is -1.65. The van der Waals surface area contributed by atoms with E-state index in [-0.39, 0.29) is 0 Å². The molecule has 0 aliphatic heterocycles. The van der Waals surface area contributed by atoms with Crippen LogP contribution in [0.25, 0.3) is 6.08 Å². The van der Waals surface area contributed by atoms with Crippen LogP contribution >= 0.6 is 0 Å². The van der Waals surface area contributed by atoms with Crippen molar-refractivity contribution < 1.29 is 22.3 Å². The Labute approximate surface area is 84.0 Å². The molecule has 0 saturated heterocycles. The van der Waals surface area contributed by atoms with E-state index in [4.69, 9.17) is 0 Å². The lowest BCUT2D eigenvalue weighted by Gasteiger charge is -2.09. The van der Waals surface area contributed by atoms with Gasteiger partial charge in [-0.15, -0.1) is 13.2 Å². The lowest BCUT2D eigenvalue weighted by Crippen LogP contribution is -2.17. The number of benzene rings is 1. The third kappa shape index (κ3) is 3.61. The Morgan fingerprint density at radius 3 is 2.40 bits per heavy atom. The zero-order valence-electron chi connectivity index (χ0n) is 7.81. The number of alkyl halides is 3. The maximum atomic E-state index is 13.0. The van der Waals surface area contributed by atoms with E-state index in [0.29, 0.717) is 5.56 Å². The van der Waals surface area contributed by atoms with Gasteiger partial charge in [0.15, 0.2) is 11.6 Å². The van der Waals surface area contributed by atoms with Crippen LogP contribution in [0.5, 0.6) is 5.75 Å². The molecule has 0 aliphatic carbocycles. The number of ether oxygens (including phenoxy) is 1. The van der Waals surface area contributed by atoms with E-state index < -0.39 is 17.9 Å². The lowest BCUT2D eigenvalue weighted by molar-refractivity contribution is -0.275. The molecule has 0 radical (unpaired) electrons. The maximum absolute atomic E-state index is 13.0. The highest BCUT2D eigenvalue weighted by Gasteiger charge is 2.32. The first-order chi connectivity index (χ1) is 6.92. The van der Waals surface area contributed by atoms with Gasteiger partial charge in [-0.1, -0.05) is 18.2 Å². The number of rotatable bonds is 2. The van der Waals surface area contributed by atoms with Crippen LogP contribution in [0.3, 0.4) is 0 Å². The van der Waals surface area contributed by atoms with Gasteiger partial charge in [0.05, 0.1) is 0 Å². The predicted octanol–water partition coefficient (Wildman–Crippen LogP) is 3.76. The summed E-state index contributed by atoms with van der Waals surface area (Å²) >= 11 is 0. The van der Waals surface area contributed by atoms with Gasteiger partial charge >= 0.3 is 6.36 Å². The van der Waals surface area contributed by atoms with Gasteiger partial charge < -0.3 is 4.74 Å². The van der Waals surface area contributed by atoms with Crippen LogP contribution in [0.1, 0.15) is 12.5 Å². The molecule has 15 heavy (non-hydrogen) atoms. The molecular weight excluding hydrogens is 212 g/mol. The van der Waals surface area contributed by atoms with E-state index in [1.165, 1.54) is 6.07 Å². The van der Waals surface area contributed by atoms with Crippen LogP contribution < -0.4 is 4.74 Å². The largest absolute Gasteiger partial charge is 0.573 e. The normalized spacial score (nSPS) is 12.1. The summed E-state index contributed by atoms with van der Waals surface area (Å²) in [5, 5.41) is 0. The molecule has 1 aromatic rings. The van der Waals surface area contributed by atoms with Crippen LogP contribution in [0, 0.1) is 5.82 Å². The molecule has 1 rings (SSSR count). The summed E-state index contributed by atoms with van der Waals surface area (Å²) in [6, 6.07) is 3.25. The average Bonchev–Trinajstić information content (AvgIpc) is 2.08. The van der Waals surface area contributed by atoms with Gasteiger partial charge in [-0.05, 0) is 24.6 Å². The molecule has 0 fully saturated rings. The first-order valence-corrected chi connectivity index (χ1v) is 4.10. The first-order valence-electron chi connectivity index (χ1n) is 4.10. The second-order valence-corrected chi connectivity index (χ2v) is 2.74. The van der Waals surface area contributed by atoms with E-state index in [1.54, 1.807) is 19.1 Å². The zero-order chi connectivity index (χ0) is 11.5. The molecule has 0 amide bonds. The minimum Gasteiger partial charge on any atom is -0.403 e. The molecule has 1 nitrogen and oxygen atoms in total. The topological polar surface area (TPSA) is 9.23 Å². The van der Waals surface area contributed by atoms with Crippen molar-refractivity contribution in [3.05, 3.63) is 35.7 Å². The molecule has 0 bridgehead atoms. The van der Waals surface area contributed by atoms with Crippen molar-refractivity contribution in [3.63, 3.8) is 0 Å². The minimum absolute atomic E-state index is 0.476. The summed E-state index contributed by atoms with van der Waals surface area (Å²) in [6.45, 7) is 1.72. The minimum atomic E-state index is -4.87. The van der Waals surface area contributed by atoms with Crippen molar-refractivity contribution in [1.29, 1.82) is 0 Å². The summed E-state index contributed by atoms with van der Waals surface area (Å²) in [7, 11) is 0. The maximum Gasteiger partial charge on any atom is 0.573 e. The molecule has 5 heteroatoms. The average molecular weight is 220 g/mol. The summed E-state index contributed by atoms with van der Waals surface area (Å²) in [5.74, 6) is -1.86. The third-order valence-electron chi connectivity index (χ3n) is 1.54. The molecule has 0 aliphatic rings. The van der Waals surface area contributed by atoms with Crippen molar-refractivity contribution >= 4 is 6.08 Å². The van der Waals surface area contributed by atoms with Gasteiger partial charge in [0.2, 0.25) is 0 Å². The molecule has 1 aromatic carbocycles. The fourth-order valence-electron chi connectivity index (χ4n) is 1.02. The Bertz CT molecular complexity index is 368. The van der Waals surface area contributed by atoms with E-state index >= 15 is 0 Å². The van der Waals surface area contributed by atoms with Gasteiger partial charge in [-0.2, -0.15) is 0 Å². The smallest absolute Gasteiger partial charge is 0.403 e. The second-order valence-electron chi connectivity index (χ2n) is 2.74. The van der Waals surface area contributed by atoms with E-state index in [0.717, 1.165) is 12.1 Å². The molecule has 0 N–H and O–H groups in total. The third-order valence-corrected chi connectivity index (χ3v) is 1.54. The standard InChI is InChI=1S/C10H8F4O/c1-2-3-7-4-5-9(8(11)6-7)15-10(12,13)14/h2-6H,1H3/b3-2+. The summed E-state index contributed by atoms with van der Waals surface area (Å²) in [5.41, 5.74) is 0.476. The quantitative estimate of drug-likeness (QED) is 0.689. The van der Waals surface area contributed by atoms with Gasteiger partial charge in [0, 0.05) is 0 Å². The molecule has 0 spiro atoms. The Kier molecular flexibility index (Phi) is 3.34. The SMILES string of the molecule is C/C=C/c1ccc(OC(F)(F)F)c(F)c1. The van der Waals surface area contributed by atoms with Gasteiger partial charge in [-0.3, -0.25) is 0 Å². The van der Waals surface area contributed by atoms with Gasteiger partial charge in [-0.25, -0.2) is 4.39 Å². The predicted molar refractivity (Wildman–Crippen MR) is 47.8 cm³/mol. The van der Waals surface area contributed by atoms with E-state index in [1.807, 2.05) is 0 Å². The Balaban J connectivity index is 2.93. The zero-order valence-corrected chi connectivity index (χ0v) is 7.81. The monoisotopic (exact) mass is 220 g/mol. The Morgan fingerprint density at radius 1 is 1.27 bits per heavy atom. The van der Waals surface area contributed by atoms with Crippen LogP contribution in [0.2, 0.25) is 0 Å². The van der Waals surface area contributed by atoms with Crippen LogP contribution in [-0.4, -0.2) is 6.36 Å². The highest BCUT2D eigenvalue weighted by molar-refractivity contribution is 5.50. The van der Waals surface area contributed by atoms with Gasteiger partial charge in [0.1, 0.15) is 0 Å².